The Bertz CT molecular complexity index is 481. The van der Waals surface area contributed by atoms with Crippen LogP contribution in [0.2, 0.25) is 0 Å². The first kappa shape index (κ1) is 23.1. The Morgan fingerprint density at radius 1 is 1.12 bits per heavy atom. The fourth-order valence-corrected chi connectivity index (χ4v) is 2.15. The summed E-state index contributed by atoms with van der Waals surface area (Å²) < 4.78 is 10.4. The van der Waals surface area contributed by atoms with Crippen molar-refractivity contribution in [2.45, 2.75) is 33.7 Å². The van der Waals surface area contributed by atoms with Crippen LogP contribution in [0.4, 0.5) is 0 Å². The maximum absolute atomic E-state index is 5.45. The summed E-state index contributed by atoms with van der Waals surface area (Å²) in [7, 11) is 1.68. The maximum Gasteiger partial charge on any atom is 0.191 e. The number of nitrogens with zero attached hydrogens (tertiary/aromatic N) is 1. The van der Waals surface area contributed by atoms with Crippen molar-refractivity contribution in [2.24, 2.45) is 4.99 Å². The highest BCUT2D eigenvalue weighted by Gasteiger charge is 2.00. The number of hydrogen-bond acceptors (Lipinski definition) is 3. The largest absolute Gasteiger partial charge is 0.382 e. The second-order valence-corrected chi connectivity index (χ2v) is 5.51. The Hall–Kier alpha value is -0.860. The molecule has 0 bridgehead atoms. The molecule has 24 heavy (non-hydrogen) atoms. The molecule has 0 saturated heterocycles. The number of methoxy groups -OCH3 is 1. The molecule has 0 aliphatic carbocycles. The van der Waals surface area contributed by atoms with Crippen LogP contribution in [0.1, 0.15) is 30.0 Å². The van der Waals surface area contributed by atoms with Crippen molar-refractivity contribution in [1.29, 1.82) is 0 Å². The second-order valence-electron chi connectivity index (χ2n) is 5.51. The normalized spacial score (nSPS) is 11.1. The van der Waals surface area contributed by atoms with Gasteiger partial charge < -0.3 is 20.1 Å². The van der Waals surface area contributed by atoms with Crippen molar-refractivity contribution in [2.75, 3.05) is 40.0 Å². The van der Waals surface area contributed by atoms with E-state index >= 15 is 0 Å². The monoisotopic (exact) mass is 449 g/mol. The van der Waals surface area contributed by atoms with Gasteiger partial charge in [-0.2, -0.15) is 0 Å². The minimum absolute atomic E-state index is 0. The number of hydrogen-bond donors (Lipinski definition) is 2. The van der Waals surface area contributed by atoms with Crippen molar-refractivity contribution in [3.8, 4) is 0 Å². The minimum Gasteiger partial charge on any atom is -0.382 e. The molecule has 0 atom stereocenters. The summed E-state index contributed by atoms with van der Waals surface area (Å²) in [5.74, 6) is 0.851. The molecule has 1 aromatic carbocycles. The molecule has 1 aromatic rings. The number of ether oxygens (including phenoxy) is 2. The molecule has 0 unspecified atom stereocenters. The molecular formula is C18H32IN3O2. The SMILES string of the molecule is CCNC(=NCc1ccc(C)cc1C)NCCCOCCOC.I. The van der Waals surface area contributed by atoms with Crippen molar-refractivity contribution >= 4 is 29.9 Å². The maximum atomic E-state index is 5.45. The van der Waals surface area contributed by atoms with Crippen molar-refractivity contribution < 1.29 is 9.47 Å². The van der Waals surface area contributed by atoms with Crippen LogP contribution in [-0.4, -0.2) is 46.0 Å². The predicted octanol–water partition coefficient (Wildman–Crippen LogP) is 3.03. The van der Waals surface area contributed by atoms with E-state index in [-0.39, 0.29) is 24.0 Å². The number of rotatable bonds is 10. The van der Waals surface area contributed by atoms with Crippen LogP contribution in [-0.2, 0) is 16.0 Å². The Balaban J connectivity index is 0.00000529. The molecule has 0 aliphatic heterocycles. The van der Waals surface area contributed by atoms with Gasteiger partial charge in [0.2, 0.25) is 0 Å². The van der Waals surface area contributed by atoms with E-state index in [1.54, 1.807) is 7.11 Å². The van der Waals surface area contributed by atoms with E-state index < -0.39 is 0 Å². The summed E-state index contributed by atoms with van der Waals surface area (Å²) in [6.45, 7) is 10.7. The fourth-order valence-electron chi connectivity index (χ4n) is 2.15. The average Bonchev–Trinajstić information content (AvgIpc) is 2.53. The third-order valence-electron chi connectivity index (χ3n) is 3.44. The first-order valence-electron chi connectivity index (χ1n) is 8.32. The molecule has 0 amide bonds. The molecule has 1 rings (SSSR count). The van der Waals surface area contributed by atoms with Gasteiger partial charge in [0, 0.05) is 26.8 Å². The number of halogens is 1. The van der Waals surface area contributed by atoms with E-state index in [1.165, 1.54) is 16.7 Å². The lowest BCUT2D eigenvalue weighted by molar-refractivity contribution is 0.0698. The Kier molecular flexibility index (Phi) is 14.0. The third-order valence-corrected chi connectivity index (χ3v) is 3.44. The highest BCUT2D eigenvalue weighted by Crippen LogP contribution is 2.11. The highest BCUT2D eigenvalue weighted by molar-refractivity contribution is 14.0. The van der Waals surface area contributed by atoms with E-state index in [9.17, 15) is 0 Å². The summed E-state index contributed by atoms with van der Waals surface area (Å²) in [5, 5.41) is 6.61. The molecule has 0 fully saturated rings. The van der Waals surface area contributed by atoms with Crippen LogP contribution in [0.3, 0.4) is 0 Å². The number of nitrogens with one attached hydrogen (secondary N) is 2. The van der Waals surface area contributed by atoms with Crippen molar-refractivity contribution in [1.82, 2.24) is 10.6 Å². The number of guanidine groups is 1. The van der Waals surface area contributed by atoms with E-state index in [2.05, 4.69) is 54.6 Å². The van der Waals surface area contributed by atoms with Crippen LogP contribution >= 0.6 is 24.0 Å². The number of aryl methyl sites for hydroxylation is 2. The van der Waals surface area contributed by atoms with Gasteiger partial charge in [-0.25, -0.2) is 4.99 Å². The zero-order chi connectivity index (χ0) is 16.9. The van der Waals surface area contributed by atoms with Gasteiger partial charge in [0.1, 0.15) is 0 Å². The smallest absolute Gasteiger partial charge is 0.191 e. The van der Waals surface area contributed by atoms with Gasteiger partial charge >= 0.3 is 0 Å². The zero-order valence-corrected chi connectivity index (χ0v) is 17.7. The summed E-state index contributed by atoms with van der Waals surface area (Å²) in [6.07, 6.45) is 0.942. The quantitative estimate of drug-likeness (QED) is 0.250. The van der Waals surface area contributed by atoms with Crippen LogP contribution < -0.4 is 10.6 Å². The molecule has 0 aliphatic rings. The lowest BCUT2D eigenvalue weighted by Crippen LogP contribution is -2.38. The minimum atomic E-state index is 0. The van der Waals surface area contributed by atoms with Crippen molar-refractivity contribution in [3.63, 3.8) is 0 Å². The molecular weight excluding hydrogens is 417 g/mol. The van der Waals surface area contributed by atoms with Crippen LogP contribution in [0, 0.1) is 13.8 Å². The standard InChI is InChI=1S/C18H31N3O2.HI/c1-5-19-18(20-9-6-10-23-12-11-22-4)21-14-17-8-7-15(2)13-16(17)3;/h7-8,13H,5-6,9-12,14H2,1-4H3,(H2,19,20,21);1H. The predicted molar refractivity (Wildman–Crippen MR) is 111 cm³/mol. The van der Waals surface area contributed by atoms with Crippen LogP contribution in [0.25, 0.3) is 0 Å². The topological polar surface area (TPSA) is 54.9 Å². The van der Waals surface area contributed by atoms with Crippen molar-refractivity contribution in [3.05, 3.63) is 34.9 Å². The van der Waals surface area contributed by atoms with Gasteiger partial charge in [-0.3, -0.25) is 0 Å². The molecule has 5 nitrogen and oxygen atoms in total. The van der Waals surface area contributed by atoms with Gasteiger partial charge in [0.05, 0.1) is 19.8 Å². The highest BCUT2D eigenvalue weighted by atomic mass is 127. The third kappa shape index (κ3) is 10.1. The average molecular weight is 449 g/mol. The van der Waals surface area contributed by atoms with E-state index in [0.717, 1.165) is 32.1 Å². The molecule has 0 saturated carbocycles. The molecule has 138 valence electrons. The molecule has 0 aromatic heterocycles. The molecule has 6 heteroatoms. The molecule has 0 spiro atoms. The fraction of sp³-hybridized carbons (Fsp3) is 0.611. The van der Waals surface area contributed by atoms with E-state index in [1.807, 2.05) is 0 Å². The molecule has 2 N–H and O–H groups in total. The number of benzene rings is 1. The van der Waals surface area contributed by atoms with Gasteiger partial charge in [-0.1, -0.05) is 23.8 Å². The summed E-state index contributed by atoms with van der Waals surface area (Å²) in [5.41, 5.74) is 3.83. The summed E-state index contributed by atoms with van der Waals surface area (Å²) >= 11 is 0. The number of aliphatic imine (C=N–C) groups is 1. The first-order valence-corrected chi connectivity index (χ1v) is 8.32. The van der Waals surface area contributed by atoms with Gasteiger partial charge in [0.15, 0.2) is 5.96 Å². The van der Waals surface area contributed by atoms with Gasteiger partial charge in [0.25, 0.3) is 0 Å². The van der Waals surface area contributed by atoms with Gasteiger partial charge in [-0.15, -0.1) is 24.0 Å². The Labute approximate surface area is 163 Å². The summed E-state index contributed by atoms with van der Waals surface area (Å²) in [4.78, 5) is 4.66. The summed E-state index contributed by atoms with van der Waals surface area (Å²) in [6, 6.07) is 6.49. The van der Waals surface area contributed by atoms with Crippen LogP contribution in [0.15, 0.2) is 23.2 Å². The van der Waals surface area contributed by atoms with E-state index in [4.69, 9.17) is 9.47 Å². The Morgan fingerprint density at radius 3 is 2.58 bits per heavy atom. The Morgan fingerprint density at radius 2 is 1.92 bits per heavy atom. The second kappa shape index (κ2) is 14.5. The zero-order valence-electron chi connectivity index (χ0n) is 15.4. The van der Waals surface area contributed by atoms with E-state index in [0.29, 0.717) is 19.8 Å². The lowest BCUT2D eigenvalue weighted by atomic mass is 10.1. The first-order chi connectivity index (χ1) is 11.2. The molecule has 0 heterocycles. The lowest BCUT2D eigenvalue weighted by Gasteiger charge is -2.12. The van der Waals surface area contributed by atoms with Gasteiger partial charge in [-0.05, 0) is 38.3 Å². The molecule has 0 radical (unpaired) electrons. The van der Waals surface area contributed by atoms with Crippen LogP contribution in [0.5, 0.6) is 0 Å².